The Morgan fingerprint density at radius 3 is 2.88 bits per heavy atom. The first-order valence-electron chi connectivity index (χ1n) is 6.24. The number of nitrogens with one attached hydrogen (secondary N) is 1. The standard InChI is InChI=1S/C14H23NOS/c1-4-12(15-2)7-6-10-17-14-9-5-8-13(11-14)16-3/h5,8-9,11-12,15H,4,6-7,10H2,1-3H3. The molecule has 0 saturated heterocycles. The SMILES string of the molecule is CCC(CCCSc1cccc(OC)c1)NC. The van der Waals surface area contributed by atoms with Crippen LogP contribution in [0, 0.1) is 0 Å². The van der Waals surface area contributed by atoms with Gasteiger partial charge >= 0.3 is 0 Å². The van der Waals surface area contributed by atoms with Crippen LogP contribution in [-0.2, 0) is 0 Å². The van der Waals surface area contributed by atoms with Gasteiger partial charge in [-0.3, -0.25) is 0 Å². The molecule has 1 atom stereocenters. The molecule has 3 heteroatoms. The van der Waals surface area contributed by atoms with Crippen molar-refractivity contribution in [1.29, 1.82) is 0 Å². The number of hydrogen-bond acceptors (Lipinski definition) is 3. The van der Waals surface area contributed by atoms with Gasteiger partial charge in [0, 0.05) is 10.9 Å². The highest BCUT2D eigenvalue weighted by Gasteiger charge is 2.02. The summed E-state index contributed by atoms with van der Waals surface area (Å²) in [6, 6.07) is 8.94. The molecule has 0 aliphatic rings. The van der Waals surface area contributed by atoms with E-state index >= 15 is 0 Å². The van der Waals surface area contributed by atoms with Crippen molar-refractivity contribution in [2.75, 3.05) is 19.9 Å². The Bertz CT molecular complexity index is 313. The molecule has 0 aliphatic heterocycles. The number of thioether (sulfide) groups is 1. The van der Waals surface area contributed by atoms with E-state index in [2.05, 4.69) is 24.4 Å². The second kappa shape index (κ2) is 8.43. The van der Waals surface area contributed by atoms with Crippen LogP contribution in [0.1, 0.15) is 26.2 Å². The molecule has 1 N–H and O–H groups in total. The van der Waals surface area contributed by atoms with Crippen LogP contribution < -0.4 is 10.1 Å². The Hall–Kier alpha value is -0.670. The van der Waals surface area contributed by atoms with Gasteiger partial charge < -0.3 is 10.1 Å². The molecule has 1 aromatic rings. The van der Waals surface area contributed by atoms with Crippen LogP contribution in [0.5, 0.6) is 5.75 Å². The predicted octanol–water partition coefficient (Wildman–Crippen LogP) is 3.57. The minimum absolute atomic E-state index is 0.668. The second-order valence-corrected chi connectivity index (χ2v) is 5.23. The third-order valence-electron chi connectivity index (χ3n) is 2.91. The van der Waals surface area contributed by atoms with Gasteiger partial charge in [-0.15, -0.1) is 11.8 Å². The molecule has 0 heterocycles. The number of ether oxygens (including phenoxy) is 1. The van der Waals surface area contributed by atoms with Crippen molar-refractivity contribution in [2.45, 2.75) is 37.1 Å². The van der Waals surface area contributed by atoms with E-state index in [0.717, 1.165) is 5.75 Å². The smallest absolute Gasteiger partial charge is 0.119 e. The van der Waals surface area contributed by atoms with Crippen LogP contribution in [0.4, 0.5) is 0 Å². The third-order valence-corrected chi connectivity index (χ3v) is 3.99. The molecule has 0 amide bonds. The molecule has 96 valence electrons. The quantitative estimate of drug-likeness (QED) is 0.565. The highest BCUT2D eigenvalue weighted by molar-refractivity contribution is 7.99. The zero-order chi connectivity index (χ0) is 12.5. The molecule has 0 radical (unpaired) electrons. The molecule has 1 rings (SSSR count). The Balaban J connectivity index is 2.26. The number of rotatable bonds is 8. The zero-order valence-corrected chi connectivity index (χ0v) is 11.8. The maximum absolute atomic E-state index is 5.21. The molecule has 0 aliphatic carbocycles. The molecule has 0 bridgehead atoms. The Morgan fingerprint density at radius 1 is 1.41 bits per heavy atom. The van der Waals surface area contributed by atoms with Crippen LogP contribution in [0.25, 0.3) is 0 Å². The second-order valence-electron chi connectivity index (χ2n) is 4.06. The zero-order valence-electron chi connectivity index (χ0n) is 11.0. The Morgan fingerprint density at radius 2 is 2.24 bits per heavy atom. The molecule has 1 aromatic carbocycles. The van der Waals surface area contributed by atoms with Crippen molar-refractivity contribution in [3.05, 3.63) is 24.3 Å². The minimum atomic E-state index is 0.668. The van der Waals surface area contributed by atoms with E-state index in [1.807, 2.05) is 30.9 Å². The van der Waals surface area contributed by atoms with Gasteiger partial charge in [0.25, 0.3) is 0 Å². The Kier molecular flexibility index (Phi) is 7.13. The van der Waals surface area contributed by atoms with Crippen LogP contribution in [0.15, 0.2) is 29.2 Å². The maximum Gasteiger partial charge on any atom is 0.119 e. The van der Waals surface area contributed by atoms with E-state index in [1.165, 1.54) is 29.9 Å². The average molecular weight is 253 g/mol. The summed E-state index contributed by atoms with van der Waals surface area (Å²) < 4.78 is 5.21. The van der Waals surface area contributed by atoms with E-state index in [4.69, 9.17) is 4.74 Å². The Labute approximate surface area is 109 Å². The lowest BCUT2D eigenvalue weighted by Crippen LogP contribution is -2.23. The number of benzene rings is 1. The van der Waals surface area contributed by atoms with Crippen molar-refractivity contribution in [1.82, 2.24) is 5.32 Å². The van der Waals surface area contributed by atoms with Gasteiger partial charge in [-0.25, -0.2) is 0 Å². The number of methoxy groups -OCH3 is 1. The minimum Gasteiger partial charge on any atom is -0.497 e. The monoisotopic (exact) mass is 253 g/mol. The van der Waals surface area contributed by atoms with E-state index in [-0.39, 0.29) is 0 Å². The summed E-state index contributed by atoms with van der Waals surface area (Å²) in [4.78, 5) is 1.29. The summed E-state index contributed by atoms with van der Waals surface area (Å²) in [5.41, 5.74) is 0. The van der Waals surface area contributed by atoms with Crippen molar-refractivity contribution in [3.63, 3.8) is 0 Å². The van der Waals surface area contributed by atoms with Crippen LogP contribution in [0.3, 0.4) is 0 Å². The third kappa shape index (κ3) is 5.46. The molecule has 2 nitrogen and oxygen atoms in total. The molecular weight excluding hydrogens is 230 g/mol. The molecule has 1 unspecified atom stereocenters. The summed E-state index contributed by atoms with van der Waals surface area (Å²) in [5.74, 6) is 2.11. The molecule has 0 aromatic heterocycles. The summed E-state index contributed by atoms with van der Waals surface area (Å²) in [5, 5.41) is 3.34. The highest BCUT2D eigenvalue weighted by Crippen LogP contribution is 2.23. The van der Waals surface area contributed by atoms with Gasteiger partial charge in [0.05, 0.1) is 7.11 Å². The number of hydrogen-bond donors (Lipinski definition) is 1. The molecule has 0 spiro atoms. The van der Waals surface area contributed by atoms with Gasteiger partial charge in [-0.05, 0) is 50.3 Å². The molecule has 17 heavy (non-hydrogen) atoms. The molecule has 0 saturated carbocycles. The first-order chi connectivity index (χ1) is 8.30. The van der Waals surface area contributed by atoms with Gasteiger partial charge in [0.2, 0.25) is 0 Å². The highest BCUT2D eigenvalue weighted by atomic mass is 32.2. The lowest BCUT2D eigenvalue weighted by Gasteiger charge is -2.12. The van der Waals surface area contributed by atoms with Crippen molar-refractivity contribution in [3.8, 4) is 5.75 Å². The maximum atomic E-state index is 5.21. The molecule has 0 fully saturated rings. The van der Waals surface area contributed by atoms with Crippen LogP contribution >= 0.6 is 11.8 Å². The fourth-order valence-electron chi connectivity index (χ4n) is 1.76. The van der Waals surface area contributed by atoms with E-state index < -0.39 is 0 Å². The normalized spacial score (nSPS) is 12.4. The fraction of sp³-hybridized carbons (Fsp3) is 0.571. The summed E-state index contributed by atoms with van der Waals surface area (Å²) in [6.07, 6.45) is 3.71. The first-order valence-corrected chi connectivity index (χ1v) is 7.22. The summed E-state index contributed by atoms with van der Waals surface area (Å²) in [6.45, 7) is 2.23. The average Bonchev–Trinajstić information content (AvgIpc) is 2.39. The van der Waals surface area contributed by atoms with Crippen molar-refractivity contribution in [2.24, 2.45) is 0 Å². The van der Waals surface area contributed by atoms with E-state index in [1.54, 1.807) is 7.11 Å². The fourth-order valence-corrected chi connectivity index (χ4v) is 2.68. The summed E-state index contributed by atoms with van der Waals surface area (Å²) >= 11 is 1.91. The van der Waals surface area contributed by atoms with Crippen LogP contribution in [0.2, 0.25) is 0 Å². The van der Waals surface area contributed by atoms with Gasteiger partial charge in [0.1, 0.15) is 5.75 Å². The predicted molar refractivity (Wildman–Crippen MR) is 76.1 cm³/mol. The summed E-state index contributed by atoms with van der Waals surface area (Å²) in [7, 11) is 3.76. The lowest BCUT2D eigenvalue weighted by atomic mass is 10.1. The van der Waals surface area contributed by atoms with Gasteiger partial charge in [0.15, 0.2) is 0 Å². The van der Waals surface area contributed by atoms with Crippen molar-refractivity contribution < 1.29 is 4.74 Å². The van der Waals surface area contributed by atoms with E-state index in [9.17, 15) is 0 Å². The van der Waals surface area contributed by atoms with Crippen LogP contribution in [-0.4, -0.2) is 26.0 Å². The van der Waals surface area contributed by atoms with E-state index in [0.29, 0.717) is 6.04 Å². The van der Waals surface area contributed by atoms with Gasteiger partial charge in [-0.1, -0.05) is 13.0 Å². The van der Waals surface area contributed by atoms with Gasteiger partial charge in [-0.2, -0.15) is 0 Å². The largest absolute Gasteiger partial charge is 0.497 e. The molecular formula is C14H23NOS. The van der Waals surface area contributed by atoms with Crippen molar-refractivity contribution >= 4 is 11.8 Å². The topological polar surface area (TPSA) is 21.3 Å². The lowest BCUT2D eigenvalue weighted by molar-refractivity contribution is 0.413. The first kappa shape index (κ1) is 14.4.